The Morgan fingerprint density at radius 2 is 2.04 bits per heavy atom. The lowest BCUT2D eigenvalue weighted by atomic mass is 10.3. The normalized spacial score (nSPS) is 11.4. The maximum atomic E-state index is 12.3. The van der Waals surface area contributed by atoms with Gasteiger partial charge in [-0.2, -0.15) is 0 Å². The van der Waals surface area contributed by atoms with Gasteiger partial charge in [-0.1, -0.05) is 11.3 Å². The Morgan fingerprint density at radius 1 is 1.20 bits per heavy atom. The Labute approximate surface area is 141 Å². The van der Waals surface area contributed by atoms with Crippen molar-refractivity contribution in [3.8, 4) is 11.4 Å². The van der Waals surface area contributed by atoms with Crippen LogP contribution >= 0.6 is 0 Å². The van der Waals surface area contributed by atoms with Crippen molar-refractivity contribution in [2.75, 3.05) is 5.32 Å². The van der Waals surface area contributed by atoms with Gasteiger partial charge in [-0.3, -0.25) is 4.98 Å². The van der Waals surface area contributed by atoms with Gasteiger partial charge in [0.25, 0.3) is 0 Å². The van der Waals surface area contributed by atoms with Gasteiger partial charge in [0.1, 0.15) is 11.4 Å². The molecule has 0 atom stereocenters. The molecule has 0 bridgehead atoms. The van der Waals surface area contributed by atoms with Crippen LogP contribution in [0.5, 0.6) is 5.75 Å². The molecule has 25 heavy (non-hydrogen) atoms. The Bertz CT molecular complexity index is 863. The quantitative estimate of drug-likeness (QED) is 0.764. The van der Waals surface area contributed by atoms with Crippen LogP contribution in [0.4, 0.5) is 18.9 Å². The fraction of sp³-hybridized carbons (Fsp3) is 0.188. The molecule has 0 amide bonds. The Hall–Kier alpha value is -3.10. The minimum absolute atomic E-state index is 0.313. The maximum Gasteiger partial charge on any atom is 0.573 e. The van der Waals surface area contributed by atoms with E-state index < -0.39 is 6.36 Å². The molecular formula is C16H14F3N5O. The van der Waals surface area contributed by atoms with Gasteiger partial charge in [0.15, 0.2) is 0 Å². The van der Waals surface area contributed by atoms with Gasteiger partial charge in [0, 0.05) is 23.6 Å². The van der Waals surface area contributed by atoms with Crippen molar-refractivity contribution in [3.63, 3.8) is 0 Å². The summed E-state index contributed by atoms with van der Waals surface area (Å²) in [6, 6.07) is 9.25. The molecule has 1 N–H and O–H groups in total. The molecule has 2 heterocycles. The number of nitrogens with zero attached hydrogens (tertiary/aromatic N) is 4. The molecule has 0 aliphatic heterocycles. The van der Waals surface area contributed by atoms with Crippen molar-refractivity contribution < 1.29 is 17.9 Å². The van der Waals surface area contributed by atoms with Crippen LogP contribution < -0.4 is 10.1 Å². The van der Waals surface area contributed by atoms with Crippen LogP contribution in [0.15, 0.2) is 48.8 Å². The predicted octanol–water partition coefficient (Wildman–Crippen LogP) is 3.48. The highest BCUT2D eigenvalue weighted by molar-refractivity contribution is 5.43. The summed E-state index contributed by atoms with van der Waals surface area (Å²) >= 11 is 0. The SMILES string of the molecule is Cc1cc(NCc2cn(-c3cccc(OC(F)(F)F)c3)nn2)ccn1. The smallest absolute Gasteiger partial charge is 0.406 e. The zero-order valence-electron chi connectivity index (χ0n) is 13.2. The van der Waals surface area contributed by atoms with Gasteiger partial charge in [-0.15, -0.1) is 18.3 Å². The van der Waals surface area contributed by atoms with E-state index in [0.717, 1.165) is 11.4 Å². The first-order chi connectivity index (χ1) is 11.9. The third-order valence-electron chi connectivity index (χ3n) is 3.23. The summed E-state index contributed by atoms with van der Waals surface area (Å²) in [5.74, 6) is -0.313. The van der Waals surface area contributed by atoms with Crippen molar-refractivity contribution in [2.24, 2.45) is 0 Å². The third-order valence-corrected chi connectivity index (χ3v) is 3.23. The van der Waals surface area contributed by atoms with E-state index in [0.29, 0.717) is 17.9 Å². The van der Waals surface area contributed by atoms with E-state index >= 15 is 0 Å². The van der Waals surface area contributed by atoms with Gasteiger partial charge in [-0.05, 0) is 31.2 Å². The van der Waals surface area contributed by atoms with Crippen LogP contribution in [0, 0.1) is 6.92 Å². The first kappa shape index (κ1) is 16.7. The van der Waals surface area contributed by atoms with E-state index in [9.17, 15) is 13.2 Å². The second-order valence-corrected chi connectivity index (χ2v) is 5.24. The number of aryl methyl sites for hydroxylation is 1. The summed E-state index contributed by atoms with van der Waals surface area (Å²) < 4.78 is 42.2. The number of benzene rings is 1. The van der Waals surface area contributed by atoms with E-state index in [1.165, 1.54) is 22.9 Å². The summed E-state index contributed by atoms with van der Waals surface area (Å²) in [6.45, 7) is 2.31. The monoisotopic (exact) mass is 349 g/mol. The molecule has 3 aromatic rings. The highest BCUT2D eigenvalue weighted by atomic mass is 19.4. The predicted molar refractivity (Wildman–Crippen MR) is 84.3 cm³/mol. The van der Waals surface area contributed by atoms with E-state index in [1.54, 1.807) is 18.5 Å². The average Bonchev–Trinajstić information content (AvgIpc) is 3.01. The molecule has 130 valence electrons. The largest absolute Gasteiger partial charge is 0.573 e. The molecule has 0 saturated carbocycles. The van der Waals surface area contributed by atoms with E-state index in [4.69, 9.17) is 0 Å². The Kier molecular flexibility index (Phi) is 4.55. The minimum atomic E-state index is -4.74. The molecule has 1 aromatic carbocycles. The number of rotatable bonds is 5. The van der Waals surface area contributed by atoms with Crippen molar-refractivity contribution in [1.29, 1.82) is 0 Å². The molecule has 3 rings (SSSR count). The molecule has 0 aliphatic rings. The van der Waals surface area contributed by atoms with Crippen LogP contribution in [-0.2, 0) is 6.54 Å². The lowest BCUT2D eigenvalue weighted by Gasteiger charge is -2.09. The van der Waals surface area contributed by atoms with Crippen molar-refractivity contribution in [1.82, 2.24) is 20.0 Å². The number of halogens is 3. The molecule has 6 nitrogen and oxygen atoms in total. The number of aromatic nitrogens is 4. The summed E-state index contributed by atoms with van der Waals surface area (Å²) in [6.07, 6.45) is -1.41. The van der Waals surface area contributed by atoms with Crippen LogP contribution in [-0.4, -0.2) is 26.3 Å². The molecule has 0 fully saturated rings. The number of pyridine rings is 1. The van der Waals surface area contributed by atoms with Gasteiger partial charge < -0.3 is 10.1 Å². The maximum absolute atomic E-state index is 12.3. The lowest BCUT2D eigenvalue weighted by Crippen LogP contribution is -2.17. The fourth-order valence-electron chi connectivity index (χ4n) is 2.18. The molecule has 9 heteroatoms. The number of alkyl halides is 3. The number of ether oxygens (including phenoxy) is 1. The zero-order valence-corrected chi connectivity index (χ0v) is 13.2. The standard InChI is InChI=1S/C16H14F3N5O/c1-11-7-12(5-6-20-11)21-9-13-10-24(23-22-13)14-3-2-4-15(8-14)25-16(17,18)19/h2-8,10H,9H2,1H3,(H,20,21). The van der Waals surface area contributed by atoms with Gasteiger partial charge in [-0.25, -0.2) is 4.68 Å². The topological polar surface area (TPSA) is 64.9 Å². The van der Waals surface area contributed by atoms with Crippen LogP contribution in [0.2, 0.25) is 0 Å². The summed E-state index contributed by atoms with van der Waals surface area (Å²) in [5, 5.41) is 11.1. The van der Waals surface area contributed by atoms with Gasteiger partial charge in [0.2, 0.25) is 0 Å². The number of anilines is 1. The highest BCUT2D eigenvalue weighted by Crippen LogP contribution is 2.24. The zero-order chi connectivity index (χ0) is 17.9. The summed E-state index contributed by atoms with van der Waals surface area (Å²) in [4.78, 5) is 4.11. The van der Waals surface area contributed by atoms with E-state index in [-0.39, 0.29) is 5.75 Å². The van der Waals surface area contributed by atoms with E-state index in [1.807, 2.05) is 19.1 Å². The summed E-state index contributed by atoms with van der Waals surface area (Å²) in [5.41, 5.74) is 2.83. The van der Waals surface area contributed by atoms with Crippen molar-refractivity contribution in [2.45, 2.75) is 19.8 Å². The lowest BCUT2D eigenvalue weighted by molar-refractivity contribution is -0.274. The van der Waals surface area contributed by atoms with Crippen LogP contribution in [0.3, 0.4) is 0 Å². The second kappa shape index (κ2) is 6.80. The fourth-order valence-corrected chi connectivity index (χ4v) is 2.18. The highest BCUT2D eigenvalue weighted by Gasteiger charge is 2.31. The van der Waals surface area contributed by atoms with Gasteiger partial charge in [0.05, 0.1) is 18.4 Å². The molecule has 0 saturated heterocycles. The van der Waals surface area contributed by atoms with Crippen LogP contribution in [0.1, 0.15) is 11.4 Å². The van der Waals surface area contributed by atoms with Gasteiger partial charge >= 0.3 is 6.36 Å². The Balaban J connectivity index is 1.70. The van der Waals surface area contributed by atoms with Crippen LogP contribution in [0.25, 0.3) is 5.69 Å². The molecule has 2 aromatic heterocycles. The third kappa shape index (κ3) is 4.69. The number of hydrogen-bond donors (Lipinski definition) is 1. The molecule has 0 aliphatic carbocycles. The molecule has 0 spiro atoms. The molecular weight excluding hydrogens is 335 g/mol. The van der Waals surface area contributed by atoms with Crippen molar-refractivity contribution >= 4 is 5.69 Å². The average molecular weight is 349 g/mol. The minimum Gasteiger partial charge on any atom is -0.406 e. The molecule has 0 unspecified atom stereocenters. The molecule has 0 radical (unpaired) electrons. The van der Waals surface area contributed by atoms with E-state index in [2.05, 4.69) is 25.3 Å². The first-order valence-electron chi connectivity index (χ1n) is 7.33. The number of nitrogens with one attached hydrogen (secondary N) is 1. The van der Waals surface area contributed by atoms with Crippen molar-refractivity contribution in [3.05, 3.63) is 60.2 Å². The second-order valence-electron chi connectivity index (χ2n) is 5.24. The Morgan fingerprint density at radius 3 is 2.80 bits per heavy atom. The number of hydrogen-bond acceptors (Lipinski definition) is 5. The first-order valence-corrected chi connectivity index (χ1v) is 7.33. The summed E-state index contributed by atoms with van der Waals surface area (Å²) in [7, 11) is 0.